The fourth-order valence-corrected chi connectivity index (χ4v) is 2.46. The van der Waals surface area contributed by atoms with E-state index < -0.39 is 0 Å². The number of rotatable bonds is 3. The van der Waals surface area contributed by atoms with Crippen LogP contribution >= 0.6 is 0 Å². The van der Waals surface area contributed by atoms with Gasteiger partial charge in [0.2, 0.25) is 0 Å². The Morgan fingerprint density at radius 1 is 1.44 bits per heavy atom. The number of nitrogens with one attached hydrogen (secondary N) is 1. The van der Waals surface area contributed by atoms with Crippen LogP contribution in [0.2, 0.25) is 0 Å². The molecule has 1 aliphatic heterocycles. The molecule has 0 fully saturated rings. The number of hydrogen-bond donors (Lipinski definition) is 2. The van der Waals surface area contributed by atoms with Crippen LogP contribution in [0, 0.1) is 5.41 Å². The summed E-state index contributed by atoms with van der Waals surface area (Å²) >= 11 is 0. The second-order valence-corrected chi connectivity index (χ2v) is 4.37. The minimum Gasteiger partial charge on any atom is -0.386 e. The Morgan fingerprint density at radius 2 is 2.12 bits per heavy atom. The van der Waals surface area contributed by atoms with E-state index in [0.717, 1.165) is 25.9 Å². The lowest BCUT2D eigenvalue weighted by Gasteiger charge is -2.34. The van der Waals surface area contributed by atoms with Crippen LogP contribution in [0.25, 0.3) is 0 Å². The zero-order chi connectivity index (χ0) is 11.5. The summed E-state index contributed by atoms with van der Waals surface area (Å²) in [6.45, 7) is 4.02. The molecule has 0 saturated carbocycles. The van der Waals surface area contributed by atoms with Crippen LogP contribution in [0.4, 0.5) is 0 Å². The first-order valence-corrected chi connectivity index (χ1v) is 5.87. The number of fused-ring (bicyclic) bond motifs is 1. The van der Waals surface area contributed by atoms with Crippen LogP contribution in [0.3, 0.4) is 0 Å². The average molecular weight is 217 g/mol. The number of nitrogens with zero attached hydrogens (tertiary/aromatic N) is 1. The van der Waals surface area contributed by atoms with E-state index in [4.69, 9.17) is 11.1 Å². The summed E-state index contributed by atoms with van der Waals surface area (Å²) in [5, 5.41) is 7.61. The Labute approximate surface area is 96.8 Å². The molecule has 3 N–H and O–H groups in total. The maximum absolute atomic E-state index is 7.61. The van der Waals surface area contributed by atoms with Crippen molar-refractivity contribution < 1.29 is 0 Å². The molecule has 0 amide bonds. The molecule has 86 valence electrons. The number of hydrogen-bond acceptors (Lipinski definition) is 2. The number of benzene rings is 1. The molecule has 0 radical (unpaired) electrons. The molecular formula is C13H19N3. The van der Waals surface area contributed by atoms with Crippen molar-refractivity contribution in [2.24, 2.45) is 5.73 Å². The molecule has 0 spiro atoms. The SMILES string of the molecule is CCC(C(=N)N)N1CCc2ccccc2C1. The minimum absolute atomic E-state index is 0.105. The van der Waals surface area contributed by atoms with Crippen LogP contribution in [0.5, 0.6) is 0 Å². The summed E-state index contributed by atoms with van der Waals surface area (Å²) in [5.41, 5.74) is 8.46. The first-order chi connectivity index (χ1) is 7.72. The third-order valence-electron chi connectivity index (χ3n) is 3.35. The van der Waals surface area contributed by atoms with Crippen molar-refractivity contribution in [3.8, 4) is 0 Å². The van der Waals surface area contributed by atoms with Gasteiger partial charge in [0.1, 0.15) is 5.84 Å². The second-order valence-electron chi connectivity index (χ2n) is 4.37. The van der Waals surface area contributed by atoms with Crippen molar-refractivity contribution in [1.82, 2.24) is 4.90 Å². The van der Waals surface area contributed by atoms with E-state index in [9.17, 15) is 0 Å². The normalized spacial score (nSPS) is 17.8. The van der Waals surface area contributed by atoms with Gasteiger partial charge in [-0.1, -0.05) is 31.2 Å². The van der Waals surface area contributed by atoms with E-state index in [1.165, 1.54) is 11.1 Å². The van der Waals surface area contributed by atoms with Crippen molar-refractivity contribution in [2.75, 3.05) is 6.54 Å². The summed E-state index contributed by atoms with van der Waals surface area (Å²) in [5.74, 6) is 0.293. The van der Waals surface area contributed by atoms with Gasteiger partial charge in [-0.25, -0.2) is 0 Å². The van der Waals surface area contributed by atoms with Gasteiger partial charge < -0.3 is 5.73 Å². The predicted octanol–water partition coefficient (Wildman–Crippen LogP) is 1.76. The average Bonchev–Trinajstić information content (AvgIpc) is 2.29. The highest BCUT2D eigenvalue weighted by atomic mass is 15.2. The fourth-order valence-electron chi connectivity index (χ4n) is 2.46. The summed E-state index contributed by atoms with van der Waals surface area (Å²) in [6.07, 6.45) is 1.98. The van der Waals surface area contributed by atoms with Crippen LogP contribution in [0.1, 0.15) is 24.5 Å². The molecule has 1 aromatic carbocycles. The third kappa shape index (κ3) is 2.09. The topological polar surface area (TPSA) is 53.1 Å². The Morgan fingerprint density at radius 3 is 2.75 bits per heavy atom. The fraction of sp³-hybridized carbons (Fsp3) is 0.462. The van der Waals surface area contributed by atoms with Crippen LogP contribution in [0.15, 0.2) is 24.3 Å². The largest absolute Gasteiger partial charge is 0.386 e. The van der Waals surface area contributed by atoms with Crippen LogP contribution < -0.4 is 5.73 Å². The molecular weight excluding hydrogens is 198 g/mol. The molecule has 1 aromatic rings. The Kier molecular flexibility index (Phi) is 3.25. The molecule has 0 bridgehead atoms. The molecule has 0 aliphatic carbocycles. The van der Waals surface area contributed by atoms with Crippen LogP contribution in [-0.2, 0) is 13.0 Å². The first-order valence-electron chi connectivity index (χ1n) is 5.87. The maximum Gasteiger partial charge on any atom is 0.108 e. The summed E-state index contributed by atoms with van der Waals surface area (Å²) in [7, 11) is 0. The highest BCUT2D eigenvalue weighted by Crippen LogP contribution is 2.21. The molecule has 2 rings (SSSR count). The van der Waals surface area contributed by atoms with E-state index in [1.54, 1.807) is 0 Å². The second kappa shape index (κ2) is 4.66. The summed E-state index contributed by atoms with van der Waals surface area (Å²) in [6, 6.07) is 8.65. The lowest BCUT2D eigenvalue weighted by atomic mass is 9.98. The quantitative estimate of drug-likeness (QED) is 0.599. The van der Waals surface area contributed by atoms with E-state index in [2.05, 4.69) is 36.1 Å². The highest BCUT2D eigenvalue weighted by molar-refractivity contribution is 5.82. The molecule has 1 unspecified atom stereocenters. The number of amidine groups is 1. The molecule has 16 heavy (non-hydrogen) atoms. The van der Waals surface area contributed by atoms with Gasteiger partial charge in [-0.3, -0.25) is 10.3 Å². The molecule has 1 heterocycles. The Balaban J connectivity index is 2.15. The zero-order valence-electron chi connectivity index (χ0n) is 9.74. The van der Waals surface area contributed by atoms with Gasteiger partial charge in [-0.15, -0.1) is 0 Å². The predicted molar refractivity (Wildman–Crippen MR) is 66.5 cm³/mol. The maximum atomic E-state index is 7.61. The molecule has 1 aliphatic rings. The minimum atomic E-state index is 0.105. The molecule has 0 aromatic heterocycles. The zero-order valence-corrected chi connectivity index (χ0v) is 9.74. The van der Waals surface area contributed by atoms with Crippen molar-refractivity contribution in [1.29, 1.82) is 5.41 Å². The van der Waals surface area contributed by atoms with E-state index >= 15 is 0 Å². The first kappa shape index (κ1) is 11.1. The molecule has 0 saturated heterocycles. The van der Waals surface area contributed by atoms with E-state index in [0.29, 0.717) is 5.84 Å². The highest BCUT2D eigenvalue weighted by Gasteiger charge is 2.23. The standard InChI is InChI=1S/C13H19N3/c1-2-12(13(14)15)16-8-7-10-5-3-4-6-11(10)9-16/h3-6,12H,2,7-9H2,1H3,(H3,14,15). The molecule has 1 atom stereocenters. The van der Waals surface area contributed by atoms with Gasteiger partial charge in [0.25, 0.3) is 0 Å². The van der Waals surface area contributed by atoms with E-state index in [-0.39, 0.29) is 6.04 Å². The van der Waals surface area contributed by atoms with E-state index in [1.807, 2.05) is 0 Å². The summed E-state index contributed by atoms with van der Waals surface area (Å²) < 4.78 is 0. The van der Waals surface area contributed by atoms with Gasteiger partial charge in [0.15, 0.2) is 0 Å². The molecule has 3 heteroatoms. The van der Waals surface area contributed by atoms with Crippen molar-refractivity contribution >= 4 is 5.84 Å². The third-order valence-corrected chi connectivity index (χ3v) is 3.35. The van der Waals surface area contributed by atoms with Crippen molar-refractivity contribution in [3.05, 3.63) is 35.4 Å². The summed E-state index contributed by atoms with van der Waals surface area (Å²) in [4.78, 5) is 2.31. The Bertz CT molecular complexity index is 387. The van der Waals surface area contributed by atoms with Gasteiger partial charge in [-0.05, 0) is 24.0 Å². The van der Waals surface area contributed by atoms with Gasteiger partial charge in [0.05, 0.1) is 6.04 Å². The van der Waals surface area contributed by atoms with Gasteiger partial charge in [-0.2, -0.15) is 0 Å². The molecule has 3 nitrogen and oxygen atoms in total. The lowest BCUT2D eigenvalue weighted by molar-refractivity contribution is 0.216. The van der Waals surface area contributed by atoms with Gasteiger partial charge >= 0.3 is 0 Å². The number of nitrogens with two attached hydrogens (primary N) is 1. The monoisotopic (exact) mass is 217 g/mol. The van der Waals surface area contributed by atoms with Gasteiger partial charge in [0, 0.05) is 13.1 Å². The van der Waals surface area contributed by atoms with Crippen molar-refractivity contribution in [3.63, 3.8) is 0 Å². The smallest absolute Gasteiger partial charge is 0.108 e. The van der Waals surface area contributed by atoms with Crippen LogP contribution in [-0.4, -0.2) is 23.3 Å². The Hall–Kier alpha value is -1.35. The lowest BCUT2D eigenvalue weighted by Crippen LogP contribution is -2.46. The van der Waals surface area contributed by atoms with Crippen molar-refractivity contribution in [2.45, 2.75) is 32.4 Å².